The summed E-state index contributed by atoms with van der Waals surface area (Å²) in [6.07, 6.45) is 1.78. The van der Waals surface area contributed by atoms with Gasteiger partial charge in [-0.1, -0.05) is 17.7 Å². The van der Waals surface area contributed by atoms with Crippen LogP contribution in [0.4, 0.5) is 5.69 Å². The van der Waals surface area contributed by atoms with Crippen molar-refractivity contribution in [3.63, 3.8) is 0 Å². The van der Waals surface area contributed by atoms with Gasteiger partial charge in [0.1, 0.15) is 0 Å². The molecule has 2 aromatic heterocycles. The Morgan fingerprint density at radius 1 is 1.12 bits per heavy atom. The van der Waals surface area contributed by atoms with Crippen molar-refractivity contribution in [2.24, 2.45) is 0 Å². The van der Waals surface area contributed by atoms with Gasteiger partial charge >= 0.3 is 5.97 Å². The fourth-order valence-corrected chi connectivity index (χ4v) is 3.40. The van der Waals surface area contributed by atoms with E-state index in [1.165, 1.54) is 29.4 Å². The smallest absolute Gasteiger partial charge is 0.339 e. The summed E-state index contributed by atoms with van der Waals surface area (Å²) in [5.74, 6) is -0.358. The number of carbonyl (C=O) groups is 1. The Bertz CT molecular complexity index is 979. The Labute approximate surface area is 154 Å². The van der Waals surface area contributed by atoms with E-state index in [4.69, 9.17) is 4.74 Å². The van der Waals surface area contributed by atoms with Gasteiger partial charge in [-0.25, -0.2) is 9.78 Å². The third-order valence-electron chi connectivity index (χ3n) is 4.91. The minimum atomic E-state index is -0.358. The molecular weight excluding hydrogens is 326 g/mol. The van der Waals surface area contributed by atoms with Crippen molar-refractivity contribution in [2.75, 3.05) is 12.4 Å². The van der Waals surface area contributed by atoms with Crippen LogP contribution in [0.25, 0.3) is 5.65 Å². The SMILES string of the molecule is COC(=O)c1cc(NCc2c(C)cc(C)cc2C)c2nc(C)c(C)n2c1. The van der Waals surface area contributed by atoms with Crippen molar-refractivity contribution in [1.29, 1.82) is 0 Å². The molecule has 5 heteroatoms. The van der Waals surface area contributed by atoms with E-state index in [9.17, 15) is 4.79 Å². The third kappa shape index (κ3) is 3.17. The average molecular weight is 351 g/mol. The monoisotopic (exact) mass is 351 g/mol. The van der Waals surface area contributed by atoms with Gasteiger partial charge in [-0.05, 0) is 57.4 Å². The largest absolute Gasteiger partial charge is 0.465 e. The van der Waals surface area contributed by atoms with Crippen molar-refractivity contribution in [3.8, 4) is 0 Å². The van der Waals surface area contributed by atoms with Crippen molar-refractivity contribution in [2.45, 2.75) is 41.2 Å². The molecule has 0 saturated carbocycles. The van der Waals surface area contributed by atoms with Crippen molar-refractivity contribution >= 4 is 17.3 Å². The summed E-state index contributed by atoms with van der Waals surface area (Å²) in [4.78, 5) is 16.7. The second kappa shape index (κ2) is 6.83. The summed E-state index contributed by atoms with van der Waals surface area (Å²) in [5, 5.41) is 3.47. The van der Waals surface area contributed by atoms with Gasteiger partial charge in [-0.15, -0.1) is 0 Å². The van der Waals surface area contributed by atoms with Crippen LogP contribution in [0.3, 0.4) is 0 Å². The third-order valence-corrected chi connectivity index (χ3v) is 4.91. The number of aryl methyl sites for hydroxylation is 5. The van der Waals surface area contributed by atoms with Crippen LogP contribution in [-0.4, -0.2) is 22.5 Å². The number of ether oxygens (including phenoxy) is 1. The number of hydrogen-bond donors (Lipinski definition) is 1. The van der Waals surface area contributed by atoms with Gasteiger partial charge in [0, 0.05) is 18.4 Å². The first-order valence-electron chi connectivity index (χ1n) is 8.70. The molecule has 0 aliphatic heterocycles. The van der Waals surface area contributed by atoms with Crippen LogP contribution < -0.4 is 5.32 Å². The molecule has 26 heavy (non-hydrogen) atoms. The van der Waals surface area contributed by atoms with Gasteiger partial charge in [-0.3, -0.25) is 0 Å². The molecular formula is C21H25N3O2. The van der Waals surface area contributed by atoms with Crippen molar-refractivity contribution in [1.82, 2.24) is 9.38 Å². The highest BCUT2D eigenvalue weighted by atomic mass is 16.5. The van der Waals surface area contributed by atoms with Crippen molar-refractivity contribution < 1.29 is 9.53 Å². The van der Waals surface area contributed by atoms with Gasteiger partial charge in [0.25, 0.3) is 0 Å². The zero-order valence-corrected chi connectivity index (χ0v) is 16.2. The van der Waals surface area contributed by atoms with E-state index in [2.05, 4.69) is 43.2 Å². The van der Waals surface area contributed by atoms with Crippen LogP contribution in [0.5, 0.6) is 0 Å². The predicted octanol–water partition coefficient (Wildman–Crippen LogP) is 4.28. The number of rotatable bonds is 4. The number of pyridine rings is 1. The second-order valence-electron chi connectivity index (χ2n) is 6.84. The number of methoxy groups -OCH3 is 1. The molecule has 0 atom stereocenters. The predicted molar refractivity (Wildman–Crippen MR) is 104 cm³/mol. The lowest BCUT2D eigenvalue weighted by Crippen LogP contribution is -2.09. The van der Waals surface area contributed by atoms with Gasteiger partial charge in [0.15, 0.2) is 5.65 Å². The van der Waals surface area contributed by atoms with Crippen LogP contribution in [0.1, 0.15) is 44.0 Å². The highest BCUT2D eigenvalue weighted by molar-refractivity contribution is 5.91. The lowest BCUT2D eigenvalue weighted by Gasteiger charge is -2.14. The van der Waals surface area contributed by atoms with E-state index in [0.717, 1.165) is 22.7 Å². The molecule has 0 fully saturated rings. The molecule has 3 rings (SSSR count). The second-order valence-corrected chi connectivity index (χ2v) is 6.84. The van der Waals surface area contributed by atoms with E-state index in [0.29, 0.717) is 12.1 Å². The number of aromatic nitrogens is 2. The van der Waals surface area contributed by atoms with Gasteiger partial charge < -0.3 is 14.5 Å². The minimum absolute atomic E-state index is 0.358. The number of benzene rings is 1. The maximum absolute atomic E-state index is 12.1. The zero-order chi connectivity index (χ0) is 19.0. The molecule has 3 aromatic rings. The first-order valence-corrected chi connectivity index (χ1v) is 8.70. The molecule has 1 aromatic carbocycles. The van der Waals surface area contributed by atoms with Crippen LogP contribution in [-0.2, 0) is 11.3 Å². The fraction of sp³-hybridized carbons (Fsp3) is 0.333. The normalized spacial score (nSPS) is 11.0. The molecule has 0 aliphatic carbocycles. The minimum Gasteiger partial charge on any atom is -0.465 e. The number of carbonyl (C=O) groups excluding carboxylic acids is 1. The van der Waals surface area contributed by atoms with E-state index >= 15 is 0 Å². The Morgan fingerprint density at radius 3 is 2.38 bits per heavy atom. The molecule has 0 unspecified atom stereocenters. The number of imidazole rings is 1. The Morgan fingerprint density at radius 2 is 1.77 bits per heavy atom. The average Bonchev–Trinajstić information content (AvgIpc) is 2.88. The molecule has 0 spiro atoms. The molecule has 0 radical (unpaired) electrons. The maximum Gasteiger partial charge on any atom is 0.339 e. The van der Waals surface area contributed by atoms with Gasteiger partial charge in [0.2, 0.25) is 0 Å². The molecule has 2 heterocycles. The van der Waals surface area contributed by atoms with Crippen molar-refractivity contribution in [3.05, 3.63) is 63.6 Å². The molecule has 136 valence electrons. The Balaban J connectivity index is 2.04. The van der Waals surface area contributed by atoms with Crippen LogP contribution in [0.15, 0.2) is 24.4 Å². The first-order chi connectivity index (χ1) is 12.3. The maximum atomic E-state index is 12.1. The van der Waals surface area contributed by atoms with E-state index in [1.54, 1.807) is 6.20 Å². The summed E-state index contributed by atoms with van der Waals surface area (Å²) < 4.78 is 6.84. The van der Waals surface area contributed by atoms with Gasteiger partial charge in [-0.2, -0.15) is 0 Å². The van der Waals surface area contributed by atoms with Gasteiger partial charge in [0.05, 0.1) is 24.1 Å². The summed E-state index contributed by atoms with van der Waals surface area (Å²) in [6.45, 7) is 11.0. The number of hydrogen-bond acceptors (Lipinski definition) is 4. The van der Waals surface area contributed by atoms with Crippen LogP contribution in [0.2, 0.25) is 0 Å². The number of anilines is 1. The molecule has 0 bridgehead atoms. The summed E-state index contributed by atoms with van der Waals surface area (Å²) in [5.41, 5.74) is 9.13. The molecule has 0 amide bonds. The highest BCUT2D eigenvalue weighted by Crippen LogP contribution is 2.24. The van der Waals surface area contributed by atoms with E-state index in [1.807, 2.05) is 24.3 Å². The van der Waals surface area contributed by atoms with E-state index in [-0.39, 0.29) is 5.97 Å². The lowest BCUT2D eigenvalue weighted by molar-refractivity contribution is 0.0600. The number of fused-ring (bicyclic) bond motifs is 1. The number of esters is 1. The lowest BCUT2D eigenvalue weighted by atomic mass is 10.00. The Hall–Kier alpha value is -2.82. The molecule has 0 aliphatic rings. The molecule has 1 N–H and O–H groups in total. The number of nitrogens with zero attached hydrogens (tertiary/aromatic N) is 2. The summed E-state index contributed by atoms with van der Waals surface area (Å²) >= 11 is 0. The van der Waals surface area contributed by atoms with E-state index < -0.39 is 0 Å². The van der Waals surface area contributed by atoms with Crippen LogP contribution in [0, 0.1) is 34.6 Å². The first kappa shape index (κ1) is 18.0. The quantitative estimate of drug-likeness (QED) is 0.713. The molecule has 0 saturated heterocycles. The summed E-state index contributed by atoms with van der Waals surface area (Å²) in [7, 11) is 1.39. The summed E-state index contributed by atoms with van der Waals surface area (Å²) in [6, 6.07) is 6.19. The highest BCUT2D eigenvalue weighted by Gasteiger charge is 2.15. The Kier molecular flexibility index (Phi) is 4.72. The van der Waals surface area contributed by atoms with Crippen LogP contribution >= 0.6 is 0 Å². The molecule has 5 nitrogen and oxygen atoms in total. The standard InChI is InChI=1S/C21H25N3O2/c1-12-7-13(2)18(14(3)8-12)10-22-19-9-17(21(25)26-6)11-24-16(5)15(4)23-20(19)24/h7-9,11,22H,10H2,1-6H3. The fourth-order valence-electron chi connectivity index (χ4n) is 3.40. The zero-order valence-electron chi connectivity index (χ0n) is 16.2. The number of nitrogens with one attached hydrogen (secondary N) is 1. The topological polar surface area (TPSA) is 55.6 Å².